The van der Waals surface area contributed by atoms with Gasteiger partial charge >= 0.3 is 13.7 Å². The first-order chi connectivity index (χ1) is 21.3. The lowest BCUT2D eigenvalue weighted by Gasteiger charge is -2.27. The molecule has 15 nitrogen and oxygen atoms in total. The van der Waals surface area contributed by atoms with Gasteiger partial charge in [-0.2, -0.15) is 15.1 Å². The zero-order valence-corrected chi connectivity index (χ0v) is 26.4. The molecule has 242 valence electrons. The van der Waals surface area contributed by atoms with E-state index in [1.54, 1.807) is 45.0 Å². The Bertz CT molecular complexity index is 1730. The van der Waals surface area contributed by atoms with E-state index in [4.69, 9.17) is 29.0 Å². The first kappa shape index (κ1) is 32.5. The summed E-state index contributed by atoms with van der Waals surface area (Å²) in [4.78, 5) is 25.2. The largest absolute Gasteiger partial charge is 0.476 e. The van der Waals surface area contributed by atoms with Crippen molar-refractivity contribution in [2.45, 2.75) is 70.8 Å². The number of carbonyl (C=O) groups excluding carboxylic acids is 1. The molecule has 1 aliphatic heterocycles. The Hall–Kier alpha value is -3.85. The van der Waals surface area contributed by atoms with Crippen molar-refractivity contribution in [2.24, 2.45) is 0 Å². The summed E-state index contributed by atoms with van der Waals surface area (Å²) in [5.41, 5.74) is 4.47. The van der Waals surface area contributed by atoms with Crippen molar-refractivity contribution in [1.29, 1.82) is 0 Å². The van der Waals surface area contributed by atoms with Crippen LogP contribution in [0.15, 0.2) is 48.8 Å². The van der Waals surface area contributed by atoms with Crippen molar-refractivity contribution in [2.75, 3.05) is 18.9 Å². The van der Waals surface area contributed by atoms with Crippen LogP contribution in [0.5, 0.6) is 11.6 Å². The number of nitrogens with one attached hydrogen (secondary N) is 1. The quantitative estimate of drug-likeness (QED) is 0.129. The molecule has 0 spiro atoms. The number of aromatic nitrogens is 4. The van der Waals surface area contributed by atoms with Crippen LogP contribution in [0.3, 0.4) is 0 Å². The van der Waals surface area contributed by atoms with E-state index in [0.29, 0.717) is 12.0 Å². The Morgan fingerprint density at radius 3 is 2.67 bits per heavy atom. The lowest BCUT2D eigenvalue weighted by atomic mass is 9.96. The van der Waals surface area contributed by atoms with Gasteiger partial charge in [0.05, 0.1) is 25.6 Å². The molecular formula is C29H37N6O9P. The highest BCUT2D eigenvalue weighted by molar-refractivity contribution is 7.52. The third kappa shape index (κ3) is 6.73. The van der Waals surface area contributed by atoms with Gasteiger partial charge in [-0.05, 0) is 46.1 Å². The molecule has 2 aromatic carbocycles. The van der Waals surface area contributed by atoms with Gasteiger partial charge in [-0.1, -0.05) is 36.4 Å². The van der Waals surface area contributed by atoms with E-state index >= 15 is 0 Å². The van der Waals surface area contributed by atoms with E-state index in [2.05, 4.69) is 20.0 Å². The van der Waals surface area contributed by atoms with E-state index in [1.807, 2.05) is 18.2 Å². The van der Waals surface area contributed by atoms with Gasteiger partial charge in [-0.15, -0.1) is 0 Å². The van der Waals surface area contributed by atoms with Crippen LogP contribution in [0.2, 0.25) is 0 Å². The number of nitrogen functional groups attached to an aromatic ring is 1. The van der Waals surface area contributed by atoms with Crippen molar-refractivity contribution < 1.29 is 42.8 Å². The number of anilines is 1. The third-order valence-corrected chi connectivity index (χ3v) is 8.76. The van der Waals surface area contributed by atoms with Crippen LogP contribution in [0, 0.1) is 0 Å². The van der Waals surface area contributed by atoms with E-state index in [1.165, 1.54) is 24.7 Å². The molecule has 5 N–H and O–H groups in total. The van der Waals surface area contributed by atoms with E-state index < -0.39 is 56.5 Å². The Morgan fingerprint density at radius 1 is 1.20 bits per heavy atom. The number of nitrogens with zero attached hydrogens (tertiary/aromatic N) is 4. The minimum Gasteiger partial charge on any atom is -0.476 e. The van der Waals surface area contributed by atoms with Crippen LogP contribution >= 0.6 is 7.75 Å². The molecule has 45 heavy (non-hydrogen) atoms. The molecule has 16 heteroatoms. The Morgan fingerprint density at radius 2 is 1.93 bits per heavy atom. The molecule has 6 unspecified atom stereocenters. The smallest absolute Gasteiger partial charge is 0.459 e. The molecule has 0 radical (unpaired) electrons. The predicted molar refractivity (Wildman–Crippen MR) is 163 cm³/mol. The number of rotatable bonds is 12. The average Bonchev–Trinajstić information content (AvgIpc) is 3.49. The number of hydrogen-bond donors (Lipinski definition) is 4. The molecule has 6 atom stereocenters. The summed E-state index contributed by atoms with van der Waals surface area (Å²) >= 11 is 0. The van der Waals surface area contributed by atoms with Gasteiger partial charge in [0, 0.05) is 5.39 Å². The summed E-state index contributed by atoms with van der Waals surface area (Å²) in [6.45, 7) is 7.78. The molecule has 2 aromatic heterocycles. The molecule has 0 bridgehead atoms. The SMILES string of the molecule is CCOc1nc(N)nc2c1ncn2C1OC(COP(=O)(NC(C)C(=O)OC(C)C)Oc2cccc3ccccc23)C(O)C1(C)O. The maximum Gasteiger partial charge on any atom is 0.459 e. The first-order valence-corrected chi connectivity index (χ1v) is 16.0. The fourth-order valence-electron chi connectivity index (χ4n) is 4.98. The molecule has 4 aromatic rings. The Kier molecular flexibility index (Phi) is 9.31. The third-order valence-electron chi connectivity index (χ3n) is 7.13. The number of aliphatic hydroxyl groups excluding tert-OH is 1. The number of hydrogen-bond acceptors (Lipinski definition) is 13. The van der Waals surface area contributed by atoms with Crippen LogP contribution in [0.25, 0.3) is 21.9 Å². The number of ether oxygens (including phenoxy) is 3. The van der Waals surface area contributed by atoms with Crippen LogP contribution in [-0.2, 0) is 23.4 Å². The summed E-state index contributed by atoms with van der Waals surface area (Å²) < 4.78 is 44.2. The van der Waals surface area contributed by atoms with Gasteiger partial charge in [-0.25, -0.2) is 9.55 Å². The van der Waals surface area contributed by atoms with E-state index in [-0.39, 0.29) is 28.7 Å². The standard InChI is InChI=1S/C29H37N6O9P/c1-6-40-25-22-24(32-28(30)33-25)35(15-31-22)27-29(5,38)23(36)21(43-27)14-41-45(39,34-17(4)26(37)42-16(2)3)44-20-13-9-11-18-10-7-8-12-19(18)20/h7-13,15-17,21,23,27,36,38H,6,14H2,1-5H3,(H,34,39)(H2,30,32,33). The van der Waals surface area contributed by atoms with Crippen molar-refractivity contribution in [3.8, 4) is 11.6 Å². The fourth-order valence-corrected chi connectivity index (χ4v) is 6.51. The predicted octanol–water partition coefficient (Wildman–Crippen LogP) is 3.10. The second-order valence-electron chi connectivity index (χ2n) is 11.0. The number of carbonyl (C=O) groups is 1. The van der Waals surface area contributed by atoms with Crippen molar-refractivity contribution in [1.82, 2.24) is 24.6 Å². The monoisotopic (exact) mass is 644 g/mol. The summed E-state index contributed by atoms with van der Waals surface area (Å²) in [6, 6.07) is 11.4. The first-order valence-electron chi connectivity index (χ1n) is 14.4. The average molecular weight is 645 g/mol. The summed E-state index contributed by atoms with van der Waals surface area (Å²) in [6.07, 6.45) is -3.01. The molecule has 5 rings (SSSR count). The zero-order chi connectivity index (χ0) is 32.5. The summed E-state index contributed by atoms with van der Waals surface area (Å²) in [5.74, 6) is -0.374. The van der Waals surface area contributed by atoms with E-state index in [0.717, 1.165) is 5.39 Å². The zero-order valence-electron chi connectivity index (χ0n) is 25.5. The van der Waals surface area contributed by atoms with Gasteiger partial charge < -0.3 is 34.7 Å². The number of esters is 1. The highest BCUT2D eigenvalue weighted by atomic mass is 31.2. The summed E-state index contributed by atoms with van der Waals surface area (Å²) in [5, 5.41) is 26.7. The Balaban J connectivity index is 1.41. The van der Waals surface area contributed by atoms with Gasteiger partial charge in [0.25, 0.3) is 0 Å². The minimum atomic E-state index is -4.36. The van der Waals surface area contributed by atoms with Crippen molar-refractivity contribution in [3.05, 3.63) is 48.8 Å². The lowest BCUT2D eigenvalue weighted by molar-refractivity contribution is -0.149. The maximum atomic E-state index is 14.3. The molecule has 1 aliphatic rings. The van der Waals surface area contributed by atoms with Crippen molar-refractivity contribution in [3.63, 3.8) is 0 Å². The normalized spacial score (nSPS) is 23.7. The molecule has 0 aliphatic carbocycles. The van der Waals surface area contributed by atoms with Crippen LogP contribution < -0.4 is 20.1 Å². The summed E-state index contributed by atoms with van der Waals surface area (Å²) in [7, 11) is -4.36. The minimum absolute atomic E-state index is 0.0894. The van der Waals surface area contributed by atoms with Gasteiger partial charge in [0.1, 0.15) is 29.6 Å². The number of benzene rings is 2. The number of imidazole rings is 1. The number of aliphatic hydroxyl groups is 2. The second-order valence-corrected chi connectivity index (χ2v) is 12.7. The topological polar surface area (TPSA) is 202 Å². The van der Waals surface area contributed by atoms with Gasteiger partial charge in [0.15, 0.2) is 17.4 Å². The van der Waals surface area contributed by atoms with Crippen LogP contribution in [0.4, 0.5) is 5.95 Å². The molecule has 3 heterocycles. The number of nitrogens with two attached hydrogens (primary N) is 1. The maximum absolute atomic E-state index is 14.3. The molecule has 0 saturated carbocycles. The fraction of sp³-hybridized carbons (Fsp3) is 0.448. The van der Waals surface area contributed by atoms with Crippen LogP contribution in [0.1, 0.15) is 40.8 Å². The molecular weight excluding hydrogens is 607 g/mol. The lowest BCUT2D eigenvalue weighted by Crippen LogP contribution is -2.44. The highest BCUT2D eigenvalue weighted by Gasteiger charge is 2.54. The van der Waals surface area contributed by atoms with Crippen LogP contribution in [-0.4, -0.2) is 78.9 Å². The molecule has 1 saturated heterocycles. The molecule has 0 amide bonds. The van der Waals surface area contributed by atoms with E-state index in [9.17, 15) is 19.6 Å². The van der Waals surface area contributed by atoms with Gasteiger partial charge in [0.2, 0.25) is 11.8 Å². The molecule has 1 fully saturated rings. The second kappa shape index (κ2) is 12.9. The number of fused-ring (bicyclic) bond motifs is 2. The van der Waals surface area contributed by atoms with Gasteiger partial charge in [-0.3, -0.25) is 13.9 Å². The van der Waals surface area contributed by atoms with Crippen molar-refractivity contribution >= 4 is 41.6 Å². The highest BCUT2D eigenvalue weighted by Crippen LogP contribution is 2.48. The Labute approximate surface area is 259 Å².